The Morgan fingerprint density at radius 3 is 0.233 bits per heavy atom. The van der Waals surface area contributed by atoms with Gasteiger partial charge in [-0.1, -0.05) is 0 Å². The van der Waals surface area contributed by atoms with Crippen LogP contribution < -0.4 is 0 Å². The average Bonchev–Trinajstić information content (AvgIpc) is 2.20. The molecule has 0 saturated heterocycles. The summed E-state index contributed by atoms with van der Waals surface area (Å²) >= 11 is 0. The molecule has 0 unspecified atom stereocenters. The summed E-state index contributed by atoms with van der Waals surface area (Å²) in [6, 6.07) is 0. The van der Waals surface area contributed by atoms with Gasteiger partial charge < -0.3 is 71.5 Å². The van der Waals surface area contributed by atoms with Gasteiger partial charge in [-0.15, -0.1) is 0 Å². The fourth-order valence-electron chi connectivity index (χ4n) is 0. The van der Waals surface area contributed by atoms with E-state index in [4.69, 9.17) is 105 Å². The van der Waals surface area contributed by atoms with Gasteiger partial charge in [0.15, 0.2) is 0 Å². The molecule has 14 N–H and O–H groups in total. The Morgan fingerprint density at radius 1 is 0.233 bits per heavy atom. The summed E-state index contributed by atoms with van der Waals surface area (Å²) in [5.74, 6) is 0. The molecule has 0 fully saturated rings. The van der Waals surface area contributed by atoms with Crippen molar-refractivity contribution in [3.05, 3.63) is 0 Å². The quantitative estimate of drug-likeness (QED) is 0.206. The monoisotopic (exact) mass is 482 g/mol. The summed E-state index contributed by atoms with van der Waals surface area (Å²) in [6.07, 6.45) is -12.8. The standard InChI is InChI=1S/7CH2O3.2Na.2H/c7*2-1(3)4;;;;/h7*(H2,2,3,4);;;;. The van der Waals surface area contributed by atoms with Gasteiger partial charge in [0, 0.05) is 0 Å². The molecule has 0 spiro atoms. The summed E-state index contributed by atoms with van der Waals surface area (Å²) < 4.78 is 0. The van der Waals surface area contributed by atoms with Crippen LogP contribution in [0, 0.1) is 0 Å². The van der Waals surface area contributed by atoms with E-state index in [9.17, 15) is 0 Å². The van der Waals surface area contributed by atoms with Crippen LogP contribution in [0.5, 0.6) is 0 Å². The van der Waals surface area contributed by atoms with Crippen molar-refractivity contribution in [1.29, 1.82) is 0 Å². The summed E-state index contributed by atoms with van der Waals surface area (Å²) in [5, 5.41) is 97.6. The van der Waals surface area contributed by atoms with Crippen molar-refractivity contribution < 1.29 is 105 Å². The second kappa shape index (κ2) is 50.1. The first kappa shape index (κ1) is 56.3. The summed E-state index contributed by atoms with van der Waals surface area (Å²) in [4.78, 5) is 59.9. The zero-order valence-corrected chi connectivity index (χ0v) is 12.6. The normalized spacial score (nSPS) is 5.60. The van der Waals surface area contributed by atoms with E-state index in [2.05, 4.69) is 0 Å². The molecule has 21 nitrogen and oxygen atoms in total. The molecular formula is C7H16Na2O21. The fourth-order valence-corrected chi connectivity index (χ4v) is 0. The minimum absolute atomic E-state index is 0. The van der Waals surface area contributed by atoms with Crippen LogP contribution in [0.4, 0.5) is 33.6 Å². The molecule has 172 valence electrons. The van der Waals surface area contributed by atoms with Gasteiger partial charge >= 0.3 is 102 Å². The van der Waals surface area contributed by atoms with Crippen molar-refractivity contribution >= 4 is 102 Å². The minimum atomic E-state index is -1.83. The van der Waals surface area contributed by atoms with Gasteiger partial charge in [0.25, 0.3) is 0 Å². The van der Waals surface area contributed by atoms with Crippen molar-refractivity contribution in [2.45, 2.75) is 0 Å². The molecule has 0 saturated carbocycles. The maximum atomic E-state index is 8.56. The van der Waals surface area contributed by atoms with Crippen molar-refractivity contribution in [2.24, 2.45) is 0 Å². The van der Waals surface area contributed by atoms with Crippen LogP contribution in [-0.2, 0) is 0 Å². The Labute approximate surface area is 206 Å². The van der Waals surface area contributed by atoms with E-state index in [1.165, 1.54) is 0 Å². The van der Waals surface area contributed by atoms with E-state index in [1.807, 2.05) is 0 Å². The van der Waals surface area contributed by atoms with E-state index >= 15 is 0 Å². The molecule has 0 bridgehead atoms. The third-order valence-electron chi connectivity index (χ3n) is 0. The Morgan fingerprint density at radius 2 is 0.233 bits per heavy atom. The molecule has 0 aliphatic rings. The molecule has 0 heterocycles. The van der Waals surface area contributed by atoms with Crippen LogP contribution in [0.3, 0.4) is 0 Å². The fraction of sp³-hybridized carbons (Fsp3) is 0. The summed E-state index contributed by atoms with van der Waals surface area (Å²) in [5.41, 5.74) is 0. The van der Waals surface area contributed by atoms with E-state index in [0.717, 1.165) is 0 Å². The number of carbonyl (C=O) groups is 7. The first-order chi connectivity index (χ1) is 12.1. The Bertz CT molecular complexity index is 312. The molecule has 0 rings (SSSR count). The van der Waals surface area contributed by atoms with Crippen molar-refractivity contribution in [2.75, 3.05) is 0 Å². The first-order valence-electron chi connectivity index (χ1n) is 4.56. The third-order valence-corrected chi connectivity index (χ3v) is 0. The van der Waals surface area contributed by atoms with Crippen LogP contribution in [0.15, 0.2) is 0 Å². The van der Waals surface area contributed by atoms with Crippen molar-refractivity contribution in [3.63, 3.8) is 0 Å². The zero-order chi connectivity index (χ0) is 25.0. The second-order valence-corrected chi connectivity index (χ2v) is 1.98. The van der Waals surface area contributed by atoms with Crippen molar-refractivity contribution in [3.8, 4) is 0 Å². The molecule has 0 aromatic rings. The van der Waals surface area contributed by atoms with Gasteiger partial charge in [0.2, 0.25) is 0 Å². The van der Waals surface area contributed by atoms with E-state index in [1.54, 1.807) is 0 Å². The van der Waals surface area contributed by atoms with E-state index < -0.39 is 43.1 Å². The van der Waals surface area contributed by atoms with Crippen LogP contribution >= 0.6 is 0 Å². The maximum absolute atomic E-state index is 8.56. The molecule has 0 atom stereocenters. The first-order valence-corrected chi connectivity index (χ1v) is 4.56. The Hall–Kier alpha value is -3.11. The van der Waals surface area contributed by atoms with Gasteiger partial charge in [-0.05, 0) is 0 Å². The number of hydrogen-bond donors (Lipinski definition) is 14. The molecule has 0 aromatic carbocycles. The van der Waals surface area contributed by atoms with Gasteiger partial charge in [-0.25, -0.2) is 33.6 Å². The molecular weight excluding hydrogens is 466 g/mol. The van der Waals surface area contributed by atoms with Crippen LogP contribution in [0.25, 0.3) is 0 Å². The molecule has 0 aliphatic carbocycles. The predicted octanol–water partition coefficient (Wildman–Crippen LogP) is 0.260. The number of rotatable bonds is 0. The molecule has 0 radical (unpaired) electrons. The zero-order valence-electron chi connectivity index (χ0n) is 12.6. The van der Waals surface area contributed by atoms with Crippen molar-refractivity contribution in [1.82, 2.24) is 0 Å². The third kappa shape index (κ3) is 1470. The molecule has 0 aliphatic heterocycles. The predicted molar refractivity (Wildman–Crippen MR) is 88.9 cm³/mol. The molecule has 23 heteroatoms. The van der Waals surface area contributed by atoms with E-state index in [-0.39, 0.29) is 59.1 Å². The molecule has 0 amide bonds. The summed E-state index contributed by atoms with van der Waals surface area (Å²) in [7, 11) is 0. The Kier molecular flexibility index (Phi) is 94.1. The molecule has 0 aromatic heterocycles. The van der Waals surface area contributed by atoms with Gasteiger partial charge in [-0.2, -0.15) is 0 Å². The van der Waals surface area contributed by atoms with Crippen LogP contribution in [-0.4, -0.2) is 174 Å². The topological polar surface area (TPSA) is 403 Å². The van der Waals surface area contributed by atoms with Crippen LogP contribution in [0.1, 0.15) is 0 Å². The molecule has 30 heavy (non-hydrogen) atoms. The summed E-state index contributed by atoms with van der Waals surface area (Å²) in [6.45, 7) is 0. The van der Waals surface area contributed by atoms with E-state index in [0.29, 0.717) is 0 Å². The second-order valence-electron chi connectivity index (χ2n) is 1.98. The van der Waals surface area contributed by atoms with Crippen LogP contribution in [0.2, 0.25) is 0 Å². The van der Waals surface area contributed by atoms with Gasteiger partial charge in [0.05, 0.1) is 0 Å². The van der Waals surface area contributed by atoms with Gasteiger partial charge in [0.1, 0.15) is 0 Å². The average molecular weight is 482 g/mol. The number of hydrogen-bond acceptors (Lipinski definition) is 7. The Balaban J connectivity index is -0.0000000242. The SMILES string of the molecule is O=C(O)O.O=C(O)O.O=C(O)O.O=C(O)O.O=C(O)O.O=C(O)O.O=C(O)O.[NaH].[NaH]. The van der Waals surface area contributed by atoms with Gasteiger partial charge in [-0.3, -0.25) is 0 Å². The number of carboxylic acid groups (broad SMARTS) is 14.